The number of aryl methyl sites for hydroxylation is 1. The normalized spacial score (nSPS) is 22.9. The third-order valence-corrected chi connectivity index (χ3v) is 4.03. The molecule has 0 bridgehead atoms. The van der Waals surface area contributed by atoms with Gasteiger partial charge in [0.2, 0.25) is 0 Å². The average Bonchev–Trinajstić information content (AvgIpc) is 2.82. The molecule has 0 atom stereocenters. The second-order valence-corrected chi connectivity index (χ2v) is 5.57. The molecule has 0 saturated heterocycles. The van der Waals surface area contributed by atoms with Gasteiger partial charge in [-0.15, -0.1) is 0 Å². The van der Waals surface area contributed by atoms with Gasteiger partial charge in [0.15, 0.2) is 0 Å². The van der Waals surface area contributed by atoms with Crippen LogP contribution in [-0.2, 0) is 0 Å². The Morgan fingerprint density at radius 3 is 2.65 bits per heavy atom. The van der Waals surface area contributed by atoms with Gasteiger partial charge in [-0.1, -0.05) is 0 Å². The second-order valence-electron chi connectivity index (χ2n) is 5.57. The molecule has 0 amide bonds. The highest BCUT2D eigenvalue weighted by atomic mass is 19.1. The van der Waals surface area contributed by atoms with Crippen LogP contribution in [-0.4, -0.2) is 21.0 Å². The Kier molecular flexibility index (Phi) is 3.53. The van der Waals surface area contributed by atoms with Gasteiger partial charge in [0.25, 0.3) is 0 Å². The first-order chi connectivity index (χ1) is 9.63. The average molecular weight is 274 g/mol. The SMILES string of the molecule is Cc1[nH]c(C2CCC(N)CC2)nc1-c1ccc(F)cn1. The molecule has 0 radical (unpaired) electrons. The predicted octanol–water partition coefficient (Wildman–Crippen LogP) is 2.90. The first-order valence-electron chi connectivity index (χ1n) is 7.07. The number of imidazole rings is 1. The standard InChI is InChI=1S/C15H19FN4/c1-9-14(13-7-4-11(16)8-18-13)20-15(19-9)10-2-5-12(17)6-3-10/h4,7-8,10,12H,2-3,5-6,17H2,1H3,(H,19,20). The smallest absolute Gasteiger partial charge is 0.141 e. The molecular weight excluding hydrogens is 255 g/mol. The Labute approximate surface area is 117 Å². The highest BCUT2D eigenvalue weighted by molar-refractivity contribution is 5.57. The molecule has 2 aromatic rings. The molecule has 4 nitrogen and oxygen atoms in total. The largest absolute Gasteiger partial charge is 0.345 e. The molecule has 1 saturated carbocycles. The van der Waals surface area contributed by atoms with Gasteiger partial charge < -0.3 is 10.7 Å². The molecule has 0 aliphatic heterocycles. The predicted molar refractivity (Wildman–Crippen MR) is 75.7 cm³/mol. The van der Waals surface area contributed by atoms with E-state index >= 15 is 0 Å². The molecule has 1 fully saturated rings. The van der Waals surface area contributed by atoms with Gasteiger partial charge in [-0.2, -0.15) is 0 Å². The molecule has 0 aromatic carbocycles. The first-order valence-corrected chi connectivity index (χ1v) is 7.07. The number of rotatable bonds is 2. The van der Waals surface area contributed by atoms with E-state index in [0.717, 1.165) is 42.9 Å². The Morgan fingerprint density at radius 1 is 1.25 bits per heavy atom. The van der Waals surface area contributed by atoms with Gasteiger partial charge in [-0.3, -0.25) is 4.98 Å². The number of halogens is 1. The van der Waals surface area contributed by atoms with Crippen molar-refractivity contribution in [2.75, 3.05) is 0 Å². The fraction of sp³-hybridized carbons (Fsp3) is 0.467. The monoisotopic (exact) mass is 274 g/mol. The molecule has 0 unspecified atom stereocenters. The van der Waals surface area contributed by atoms with Crippen LogP contribution in [0.25, 0.3) is 11.4 Å². The quantitative estimate of drug-likeness (QED) is 0.884. The summed E-state index contributed by atoms with van der Waals surface area (Å²) in [6, 6.07) is 3.41. The van der Waals surface area contributed by atoms with Crippen LogP contribution in [0.2, 0.25) is 0 Å². The van der Waals surface area contributed by atoms with E-state index in [-0.39, 0.29) is 5.82 Å². The number of pyridine rings is 1. The van der Waals surface area contributed by atoms with Crippen LogP contribution < -0.4 is 5.73 Å². The van der Waals surface area contributed by atoms with E-state index in [1.807, 2.05) is 6.92 Å². The number of nitrogens with zero attached hydrogens (tertiary/aromatic N) is 2. The Morgan fingerprint density at radius 2 is 2.00 bits per heavy atom. The van der Waals surface area contributed by atoms with Crippen molar-refractivity contribution in [2.45, 2.75) is 44.6 Å². The molecule has 2 heterocycles. The minimum atomic E-state index is -0.330. The van der Waals surface area contributed by atoms with Gasteiger partial charge in [0.05, 0.1) is 11.9 Å². The van der Waals surface area contributed by atoms with Crippen LogP contribution >= 0.6 is 0 Å². The van der Waals surface area contributed by atoms with Gasteiger partial charge in [0, 0.05) is 17.7 Å². The number of H-pyrrole nitrogens is 1. The highest BCUT2D eigenvalue weighted by Crippen LogP contribution is 2.32. The summed E-state index contributed by atoms with van der Waals surface area (Å²) >= 11 is 0. The van der Waals surface area contributed by atoms with Crippen molar-refractivity contribution in [3.63, 3.8) is 0 Å². The van der Waals surface area contributed by atoms with Crippen molar-refractivity contribution in [2.24, 2.45) is 5.73 Å². The van der Waals surface area contributed by atoms with Crippen LogP contribution in [0.5, 0.6) is 0 Å². The third kappa shape index (κ3) is 2.58. The highest BCUT2D eigenvalue weighted by Gasteiger charge is 2.23. The van der Waals surface area contributed by atoms with E-state index in [1.54, 1.807) is 6.07 Å². The molecule has 2 aromatic heterocycles. The van der Waals surface area contributed by atoms with Crippen molar-refractivity contribution in [3.05, 3.63) is 35.7 Å². The molecule has 20 heavy (non-hydrogen) atoms. The maximum Gasteiger partial charge on any atom is 0.141 e. The Bertz CT molecular complexity index is 582. The van der Waals surface area contributed by atoms with Crippen LogP contribution in [0.15, 0.2) is 18.3 Å². The van der Waals surface area contributed by atoms with E-state index < -0.39 is 0 Å². The van der Waals surface area contributed by atoms with E-state index in [1.165, 1.54) is 12.3 Å². The van der Waals surface area contributed by atoms with Gasteiger partial charge in [-0.05, 0) is 44.7 Å². The van der Waals surface area contributed by atoms with E-state index in [2.05, 4.69) is 15.0 Å². The Hall–Kier alpha value is -1.75. The molecule has 1 aliphatic carbocycles. The maximum atomic E-state index is 12.9. The lowest BCUT2D eigenvalue weighted by molar-refractivity contribution is 0.386. The molecular formula is C15H19FN4. The summed E-state index contributed by atoms with van der Waals surface area (Å²) in [4.78, 5) is 12.1. The van der Waals surface area contributed by atoms with Gasteiger partial charge in [-0.25, -0.2) is 9.37 Å². The number of nitrogens with two attached hydrogens (primary N) is 1. The third-order valence-electron chi connectivity index (χ3n) is 4.03. The van der Waals surface area contributed by atoms with Crippen molar-refractivity contribution in [1.29, 1.82) is 0 Å². The number of hydrogen-bond acceptors (Lipinski definition) is 3. The van der Waals surface area contributed by atoms with E-state index in [4.69, 9.17) is 5.73 Å². The summed E-state index contributed by atoms with van der Waals surface area (Å²) in [5.74, 6) is 1.13. The topological polar surface area (TPSA) is 67.6 Å². The molecule has 106 valence electrons. The number of aromatic amines is 1. The Balaban J connectivity index is 1.85. The summed E-state index contributed by atoms with van der Waals surface area (Å²) in [6.07, 6.45) is 5.47. The summed E-state index contributed by atoms with van der Waals surface area (Å²) in [5.41, 5.74) is 8.44. The van der Waals surface area contributed by atoms with Gasteiger partial charge in [0.1, 0.15) is 17.3 Å². The van der Waals surface area contributed by atoms with Gasteiger partial charge >= 0.3 is 0 Å². The van der Waals surface area contributed by atoms with E-state index in [0.29, 0.717) is 17.7 Å². The number of hydrogen-bond donors (Lipinski definition) is 2. The lowest BCUT2D eigenvalue weighted by Crippen LogP contribution is -2.26. The summed E-state index contributed by atoms with van der Waals surface area (Å²) in [5, 5.41) is 0. The van der Waals surface area contributed by atoms with Crippen LogP contribution in [0, 0.1) is 12.7 Å². The molecule has 1 aliphatic rings. The summed E-state index contributed by atoms with van der Waals surface area (Å²) in [7, 11) is 0. The number of nitrogens with one attached hydrogen (secondary N) is 1. The fourth-order valence-corrected chi connectivity index (χ4v) is 2.83. The van der Waals surface area contributed by atoms with Crippen molar-refractivity contribution < 1.29 is 4.39 Å². The zero-order chi connectivity index (χ0) is 14.1. The lowest BCUT2D eigenvalue weighted by atomic mass is 9.86. The zero-order valence-corrected chi connectivity index (χ0v) is 11.6. The minimum absolute atomic E-state index is 0.330. The lowest BCUT2D eigenvalue weighted by Gasteiger charge is -2.24. The number of aromatic nitrogens is 3. The maximum absolute atomic E-state index is 12.9. The van der Waals surface area contributed by atoms with E-state index in [9.17, 15) is 4.39 Å². The van der Waals surface area contributed by atoms with Crippen molar-refractivity contribution >= 4 is 0 Å². The molecule has 3 rings (SSSR count). The zero-order valence-electron chi connectivity index (χ0n) is 11.6. The van der Waals surface area contributed by atoms with Crippen LogP contribution in [0.4, 0.5) is 4.39 Å². The second kappa shape index (κ2) is 5.32. The van der Waals surface area contributed by atoms with Crippen molar-refractivity contribution in [3.8, 4) is 11.4 Å². The molecule has 3 N–H and O–H groups in total. The minimum Gasteiger partial charge on any atom is -0.345 e. The van der Waals surface area contributed by atoms with Crippen molar-refractivity contribution in [1.82, 2.24) is 15.0 Å². The first kappa shape index (κ1) is 13.2. The molecule has 5 heteroatoms. The van der Waals surface area contributed by atoms with Crippen LogP contribution in [0.1, 0.15) is 43.1 Å². The van der Waals surface area contributed by atoms with Crippen LogP contribution in [0.3, 0.4) is 0 Å². The molecule has 0 spiro atoms. The fourth-order valence-electron chi connectivity index (χ4n) is 2.83. The summed E-state index contributed by atoms with van der Waals surface area (Å²) < 4.78 is 12.9. The summed E-state index contributed by atoms with van der Waals surface area (Å²) in [6.45, 7) is 1.98.